The molecule has 1 N–H and O–H groups in total. The number of carboxylic acid groups (broad SMARTS) is 1. The number of para-hydroxylation sites is 1. The minimum absolute atomic E-state index is 0.0238. The van der Waals surface area contributed by atoms with Gasteiger partial charge < -0.3 is 19.0 Å². The van der Waals surface area contributed by atoms with E-state index in [4.69, 9.17) is 13.9 Å². The van der Waals surface area contributed by atoms with Crippen molar-refractivity contribution >= 4 is 27.5 Å². The summed E-state index contributed by atoms with van der Waals surface area (Å²) in [6.07, 6.45) is 8.04. The Morgan fingerprint density at radius 3 is 2.57 bits per heavy atom. The van der Waals surface area contributed by atoms with E-state index in [1.807, 2.05) is 24.3 Å². The number of hydrogen-bond acceptors (Lipinski definition) is 8. The lowest BCUT2D eigenvalue weighted by Gasteiger charge is -2.27. The predicted octanol–water partition coefficient (Wildman–Crippen LogP) is 5.35. The largest absolute Gasteiger partial charge is 0.496 e. The Hall–Kier alpha value is -3.70. The van der Waals surface area contributed by atoms with Crippen LogP contribution < -0.4 is 16.0 Å². The summed E-state index contributed by atoms with van der Waals surface area (Å²) in [5, 5.41) is 10.3. The lowest BCUT2D eigenvalue weighted by Crippen LogP contribution is -2.52. The Bertz CT molecular complexity index is 1740. The molecule has 2 saturated carbocycles. The van der Waals surface area contributed by atoms with Crippen molar-refractivity contribution in [2.45, 2.75) is 77.2 Å². The number of carbonyl (C=O) groups is 1. The first-order chi connectivity index (χ1) is 20.1. The first-order valence-electron chi connectivity index (χ1n) is 14.3. The fourth-order valence-corrected chi connectivity index (χ4v) is 8.04. The average molecular weight is 594 g/mol. The van der Waals surface area contributed by atoms with Crippen molar-refractivity contribution in [2.75, 3.05) is 7.11 Å². The molecule has 2 fully saturated rings. The van der Waals surface area contributed by atoms with Gasteiger partial charge >= 0.3 is 11.7 Å². The molecule has 3 atom stereocenters. The van der Waals surface area contributed by atoms with E-state index < -0.39 is 28.9 Å². The molecule has 0 aliphatic heterocycles. The number of aryl methyl sites for hydroxylation is 1. The minimum Gasteiger partial charge on any atom is -0.496 e. The van der Waals surface area contributed by atoms with Gasteiger partial charge in [0, 0.05) is 5.56 Å². The zero-order valence-corrected chi connectivity index (χ0v) is 25.0. The Balaban J connectivity index is 1.54. The van der Waals surface area contributed by atoms with Gasteiger partial charge in [-0.25, -0.2) is 19.1 Å². The van der Waals surface area contributed by atoms with Crippen molar-refractivity contribution in [2.24, 2.45) is 11.8 Å². The van der Waals surface area contributed by atoms with Gasteiger partial charge in [-0.15, -0.1) is 11.3 Å². The summed E-state index contributed by atoms with van der Waals surface area (Å²) in [5.41, 5.74) is -1.82. The number of benzene rings is 1. The number of thiophene rings is 1. The van der Waals surface area contributed by atoms with E-state index in [9.17, 15) is 19.5 Å². The highest BCUT2D eigenvalue weighted by Gasteiger charge is 2.40. The lowest BCUT2D eigenvalue weighted by molar-refractivity contribution is -0.146. The molecule has 42 heavy (non-hydrogen) atoms. The lowest BCUT2D eigenvalue weighted by atomic mass is 10.0. The smallest absolute Gasteiger partial charge is 0.333 e. The van der Waals surface area contributed by atoms with E-state index in [0.717, 1.165) is 23.0 Å². The van der Waals surface area contributed by atoms with Crippen LogP contribution >= 0.6 is 11.3 Å². The Kier molecular flexibility index (Phi) is 7.34. The Morgan fingerprint density at radius 1 is 1.21 bits per heavy atom. The van der Waals surface area contributed by atoms with Gasteiger partial charge in [-0.3, -0.25) is 9.36 Å². The van der Waals surface area contributed by atoms with Crippen LogP contribution in [0.4, 0.5) is 0 Å². The first kappa shape index (κ1) is 28.4. The monoisotopic (exact) mass is 593 g/mol. The summed E-state index contributed by atoms with van der Waals surface area (Å²) < 4.78 is 20.4. The Morgan fingerprint density at radius 2 is 1.93 bits per heavy atom. The van der Waals surface area contributed by atoms with Crippen LogP contribution in [0.25, 0.3) is 21.0 Å². The number of rotatable bonds is 9. The van der Waals surface area contributed by atoms with Crippen molar-refractivity contribution in [3.8, 4) is 16.5 Å². The van der Waals surface area contributed by atoms with Crippen LogP contribution in [0, 0.1) is 18.8 Å². The normalized spacial score (nSPS) is 21.1. The van der Waals surface area contributed by atoms with E-state index in [-0.39, 0.29) is 18.0 Å². The van der Waals surface area contributed by atoms with Gasteiger partial charge in [-0.05, 0) is 57.1 Å². The summed E-state index contributed by atoms with van der Waals surface area (Å²) in [7, 11) is 1.60. The molecule has 0 spiro atoms. The molecule has 2 aliphatic rings. The summed E-state index contributed by atoms with van der Waals surface area (Å²) in [6.45, 7) is 4.54. The Labute approximate surface area is 246 Å². The zero-order chi connectivity index (χ0) is 29.8. The first-order valence-corrected chi connectivity index (χ1v) is 15.1. The van der Waals surface area contributed by atoms with Crippen LogP contribution in [0.15, 0.2) is 50.7 Å². The maximum Gasteiger partial charge on any atom is 0.333 e. The van der Waals surface area contributed by atoms with E-state index in [0.29, 0.717) is 38.7 Å². The fraction of sp³-hybridized carbons (Fsp3) is 0.484. The van der Waals surface area contributed by atoms with Crippen molar-refractivity contribution in [3.05, 3.63) is 68.7 Å². The molecule has 3 unspecified atom stereocenters. The number of carboxylic acids is 1. The van der Waals surface area contributed by atoms with Crippen LogP contribution in [0.1, 0.15) is 63.2 Å². The van der Waals surface area contributed by atoms with Crippen LogP contribution in [0.5, 0.6) is 5.75 Å². The molecule has 2 aliphatic carbocycles. The number of nitrogens with zero attached hydrogens (tertiary/aromatic N) is 3. The third-order valence-electron chi connectivity index (χ3n) is 9.06. The topological polar surface area (TPSA) is 126 Å². The highest BCUT2D eigenvalue weighted by Crippen LogP contribution is 2.46. The highest BCUT2D eigenvalue weighted by molar-refractivity contribution is 7.22. The van der Waals surface area contributed by atoms with Crippen LogP contribution in [-0.2, 0) is 21.6 Å². The van der Waals surface area contributed by atoms with Gasteiger partial charge in [0.1, 0.15) is 28.5 Å². The van der Waals surface area contributed by atoms with E-state index in [1.54, 1.807) is 14.0 Å². The van der Waals surface area contributed by atoms with Crippen molar-refractivity contribution in [1.82, 2.24) is 14.1 Å². The number of methoxy groups -OCH3 is 1. The van der Waals surface area contributed by atoms with E-state index >= 15 is 0 Å². The summed E-state index contributed by atoms with van der Waals surface area (Å²) in [6, 6.07) is 7.57. The molecule has 4 aromatic rings. The van der Waals surface area contributed by atoms with Gasteiger partial charge in [0.15, 0.2) is 0 Å². The maximum atomic E-state index is 14.2. The standard InChI is InChI=1S/C31H35N3O7S/c1-17-24-27(35)34(31(2,3)29(36)37)30(38)33(28(24)42-25(17)26-32-12-13-40-26)16-23(21-10-5-6-11-22(21)39-4)41-20-14-18-8-7-9-19(18)15-20/h5-6,10-13,18-20,23H,7-9,14-16H2,1-4H3,(H,36,37). The number of fused-ring (bicyclic) bond motifs is 2. The van der Waals surface area contributed by atoms with E-state index in [1.165, 1.54) is 61.5 Å². The number of ether oxygens (including phenoxy) is 2. The van der Waals surface area contributed by atoms with Crippen LogP contribution in [0.2, 0.25) is 0 Å². The zero-order valence-electron chi connectivity index (χ0n) is 24.2. The molecule has 0 saturated heterocycles. The van der Waals surface area contributed by atoms with Gasteiger partial charge in [-0.1, -0.05) is 37.5 Å². The number of aromatic nitrogens is 3. The predicted molar refractivity (Wildman–Crippen MR) is 158 cm³/mol. The molecular weight excluding hydrogens is 558 g/mol. The molecule has 11 heteroatoms. The van der Waals surface area contributed by atoms with Crippen LogP contribution in [0.3, 0.4) is 0 Å². The van der Waals surface area contributed by atoms with Crippen molar-refractivity contribution < 1.29 is 23.8 Å². The molecule has 222 valence electrons. The molecule has 3 heterocycles. The summed E-state index contributed by atoms with van der Waals surface area (Å²) in [5.74, 6) is 0.982. The molecule has 0 amide bonds. The van der Waals surface area contributed by atoms with Gasteiger partial charge in [-0.2, -0.15) is 0 Å². The molecular formula is C31H35N3O7S. The third kappa shape index (κ3) is 4.68. The van der Waals surface area contributed by atoms with Crippen LogP contribution in [-0.4, -0.2) is 38.4 Å². The molecule has 0 radical (unpaired) electrons. The molecule has 6 rings (SSSR count). The summed E-state index contributed by atoms with van der Waals surface area (Å²) >= 11 is 1.23. The molecule has 0 bridgehead atoms. The van der Waals surface area contributed by atoms with Gasteiger partial charge in [0.25, 0.3) is 5.56 Å². The average Bonchev–Trinajstić information content (AvgIpc) is 3.75. The SMILES string of the molecule is COc1ccccc1C(Cn1c(=O)n(C(C)(C)C(=O)O)c(=O)c2c(C)c(-c3ncco3)sc21)OC1CC2CCCC2C1. The van der Waals surface area contributed by atoms with E-state index in [2.05, 4.69) is 4.98 Å². The number of oxazole rings is 1. The van der Waals surface area contributed by atoms with Gasteiger partial charge in [0.2, 0.25) is 5.89 Å². The second kappa shape index (κ2) is 10.9. The van der Waals surface area contributed by atoms with Gasteiger partial charge in [0.05, 0.1) is 36.2 Å². The second-order valence-electron chi connectivity index (χ2n) is 11.9. The molecule has 1 aromatic carbocycles. The fourth-order valence-electron chi connectivity index (χ4n) is 6.80. The van der Waals surface area contributed by atoms with Crippen molar-refractivity contribution in [1.29, 1.82) is 0 Å². The molecule has 10 nitrogen and oxygen atoms in total. The number of aliphatic carboxylic acids is 1. The quantitative estimate of drug-likeness (QED) is 0.275. The molecule has 3 aromatic heterocycles. The minimum atomic E-state index is -1.80. The highest BCUT2D eigenvalue weighted by atomic mass is 32.1. The number of hydrogen-bond donors (Lipinski definition) is 1. The summed E-state index contributed by atoms with van der Waals surface area (Å²) in [4.78, 5) is 45.7. The maximum absolute atomic E-state index is 14.2. The second-order valence-corrected chi connectivity index (χ2v) is 12.9. The third-order valence-corrected chi connectivity index (χ3v) is 10.4. The van der Waals surface area contributed by atoms with Crippen molar-refractivity contribution in [3.63, 3.8) is 0 Å².